The van der Waals surface area contributed by atoms with E-state index in [4.69, 9.17) is 0 Å². The normalized spacial score (nSPS) is 25.1. The minimum absolute atomic E-state index is 0.0358. The fourth-order valence-corrected chi connectivity index (χ4v) is 3.48. The lowest BCUT2D eigenvalue weighted by atomic mass is 9.63. The van der Waals surface area contributed by atoms with Gasteiger partial charge in [-0.15, -0.1) is 0 Å². The molecule has 1 N–H and O–H groups in total. The lowest BCUT2D eigenvalue weighted by Gasteiger charge is -2.44. The molecular formula is C16H21NO2. The SMILES string of the molecule is O=C(N1CCC[C@@H]1CO)C1(c2ccccc2)CCC1. The minimum atomic E-state index is -0.307. The van der Waals surface area contributed by atoms with Gasteiger partial charge >= 0.3 is 0 Å². The monoisotopic (exact) mass is 259 g/mol. The molecule has 1 heterocycles. The highest BCUT2D eigenvalue weighted by Crippen LogP contribution is 2.46. The van der Waals surface area contributed by atoms with Gasteiger partial charge in [-0.2, -0.15) is 0 Å². The summed E-state index contributed by atoms with van der Waals surface area (Å²) in [6.07, 6.45) is 4.97. The second kappa shape index (κ2) is 4.97. The molecule has 19 heavy (non-hydrogen) atoms. The van der Waals surface area contributed by atoms with E-state index in [1.165, 1.54) is 0 Å². The quantitative estimate of drug-likeness (QED) is 0.903. The number of amides is 1. The Morgan fingerprint density at radius 3 is 2.58 bits per heavy atom. The van der Waals surface area contributed by atoms with Crippen LogP contribution in [-0.2, 0) is 10.2 Å². The number of benzene rings is 1. The van der Waals surface area contributed by atoms with Crippen LogP contribution in [0.15, 0.2) is 30.3 Å². The van der Waals surface area contributed by atoms with E-state index < -0.39 is 0 Å². The van der Waals surface area contributed by atoms with Gasteiger partial charge in [0, 0.05) is 6.54 Å². The van der Waals surface area contributed by atoms with Crippen molar-refractivity contribution in [1.29, 1.82) is 0 Å². The third kappa shape index (κ3) is 1.96. The van der Waals surface area contributed by atoms with Crippen molar-refractivity contribution in [2.24, 2.45) is 0 Å². The number of carbonyl (C=O) groups excluding carboxylic acids is 1. The van der Waals surface area contributed by atoms with Gasteiger partial charge in [-0.3, -0.25) is 4.79 Å². The summed E-state index contributed by atoms with van der Waals surface area (Å²) >= 11 is 0. The van der Waals surface area contributed by atoms with Gasteiger partial charge in [0.25, 0.3) is 0 Å². The zero-order valence-corrected chi connectivity index (χ0v) is 11.2. The van der Waals surface area contributed by atoms with Gasteiger partial charge in [0.1, 0.15) is 0 Å². The van der Waals surface area contributed by atoms with E-state index in [9.17, 15) is 9.90 Å². The molecule has 0 radical (unpaired) electrons. The van der Waals surface area contributed by atoms with Crippen LogP contribution in [-0.4, -0.2) is 35.1 Å². The van der Waals surface area contributed by atoms with Crippen LogP contribution < -0.4 is 0 Å². The van der Waals surface area contributed by atoms with Gasteiger partial charge in [-0.05, 0) is 31.2 Å². The third-order valence-electron chi connectivity index (χ3n) is 4.79. The number of hydrogen-bond donors (Lipinski definition) is 1. The van der Waals surface area contributed by atoms with Crippen molar-refractivity contribution < 1.29 is 9.90 Å². The Morgan fingerprint density at radius 1 is 1.26 bits per heavy atom. The first-order valence-electron chi connectivity index (χ1n) is 7.25. The van der Waals surface area contributed by atoms with Gasteiger partial charge in [0.2, 0.25) is 5.91 Å². The second-order valence-corrected chi connectivity index (χ2v) is 5.78. The lowest BCUT2D eigenvalue weighted by Crippen LogP contribution is -2.53. The van der Waals surface area contributed by atoms with Gasteiger partial charge in [-0.1, -0.05) is 36.8 Å². The summed E-state index contributed by atoms with van der Waals surface area (Å²) in [4.78, 5) is 14.9. The molecule has 1 amide bonds. The molecule has 0 unspecified atom stereocenters. The number of likely N-dealkylation sites (tertiary alicyclic amines) is 1. The maximum absolute atomic E-state index is 12.9. The first-order valence-corrected chi connectivity index (χ1v) is 7.25. The molecule has 1 atom stereocenters. The molecular weight excluding hydrogens is 238 g/mol. The number of aliphatic hydroxyl groups is 1. The summed E-state index contributed by atoms with van der Waals surface area (Å²) in [5.74, 6) is 0.238. The van der Waals surface area contributed by atoms with E-state index in [1.54, 1.807) is 0 Å². The Hall–Kier alpha value is -1.35. The van der Waals surface area contributed by atoms with Gasteiger partial charge in [0.15, 0.2) is 0 Å². The molecule has 3 rings (SSSR count). The van der Waals surface area contributed by atoms with E-state index in [0.717, 1.165) is 44.2 Å². The van der Waals surface area contributed by atoms with E-state index >= 15 is 0 Å². The van der Waals surface area contributed by atoms with Crippen LogP contribution >= 0.6 is 0 Å². The summed E-state index contributed by atoms with van der Waals surface area (Å²) in [7, 11) is 0. The van der Waals surface area contributed by atoms with Crippen LogP contribution in [0, 0.1) is 0 Å². The zero-order chi connectivity index (χ0) is 13.3. The van der Waals surface area contributed by atoms with Crippen molar-refractivity contribution in [2.75, 3.05) is 13.2 Å². The summed E-state index contributed by atoms with van der Waals surface area (Å²) < 4.78 is 0. The molecule has 1 aromatic rings. The van der Waals surface area contributed by atoms with Crippen LogP contribution in [0.4, 0.5) is 0 Å². The topological polar surface area (TPSA) is 40.5 Å². The molecule has 3 heteroatoms. The summed E-state index contributed by atoms with van der Waals surface area (Å²) in [5, 5.41) is 9.42. The van der Waals surface area contributed by atoms with Gasteiger partial charge in [0.05, 0.1) is 18.1 Å². The fraction of sp³-hybridized carbons (Fsp3) is 0.562. The molecule has 2 aliphatic rings. The molecule has 1 saturated heterocycles. The molecule has 1 aliphatic carbocycles. The molecule has 102 valence electrons. The predicted octanol–water partition coefficient (Wildman–Crippen LogP) is 2.09. The first kappa shape index (κ1) is 12.7. The molecule has 1 saturated carbocycles. The van der Waals surface area contributed by atoms with Crippen molar-refractivity contribution in [1.82, 2.24) is 4.90 Å². The number of rotatable bonds is 3. The van der Waals surface area contributed by atoms with E-state index in [-0.39, 0.29) is 24.0 Å². The Bertz CT molecular complexity index is 453. The maximum Gasteiger partial charge on any atom is 0.233 e. The van der Waals surface area contributed by atoms with Crippen molar-refractivity contribution in [3.8, 4) is 0 Å². The highest BCUT2D eigenvalue weighted by atomic mass is 16.3. The minimum Gasteiger partial charge on any atom is -0.394 e. The van der Waals surface area contributed by atoms with Gasteiger partial charge < -0.3 is 10.0 Å². The average molecular weight is 259 g/mol. The largest absolute Gasteiger partial charge is 0.394 e. The van der Waals surface area contributed by atoms with Crippen molar-refractivity contribution in [2.45, 2.75) is 43.6 Å². The van der Waals surface area contributed by atoms with E-state index in [2.05, 4.69) is 12.1 Å². The highest BCUT2D eigenvalue weighted by molar-refractivity contribution is 5.89. The van der Waals surface area contributed by atoms with Crippen LogP contribution in [0.5, 0.6) is 0 Å². The molecule has 1 aliphatic heterocycles. The van der Waals surface area contributed by atoms with Crippen molar-refractivity contribution >= 4 is 5.91 Å². The summed E-state index contributed by atoms with van der Waals surface area (Å²) in [6.45, 7) is 0.898. The molecule has 0 bridgehead atoms. The fourth-order valence-electron chi connectivity index (χ4n) is 3.48. The Balaban J connectivity index is 1.88. The Labute approximate surface area is 114 Å². The molecule has 3 nitrogen and oxygen atoms in total. The van der Waals surface area contributed by atoms with Crippen molar-refractivity contribution in [3.05, 3.63) is 35.9 Å². The lowest BCUT2D eigenvalue weighted by molar-refractivity contribution is -0.142. The Kier molecular flexibility index (Phi) is 3.31. The number of nitrogens with zero attached hydrogens (tertiary/aromatic N) is 1. The van der Waals surface area contributed by atoms with Crippen LogP contribution in [0.2, 0.25) is 0 Å². The number of hydrogen-bond acceptors (Lipinski definition) is 2. The highest BCUT2D eigenvalue weighted by Gasteiger charge is 2.49. The summed E-state index contributed by atoms with van der Waals surface area (Å²) in [5.41, 5.74) is 0.841. The average Bonchev–Trinajstić information content (AvgIpc) is 2.87. The zero-order valence-electron chi connectivity index (χ0n) is 11.2. The smallest absolute Gasteiger partial charge is 0.233 e. The maximum atomic E-state index is 12.9. The molecule has 0 spiro atoms. The van der Waals surface area contributed by atoms with E-state index in [0.29, 0.717) is 0 Å². The Morgan fingerprint density at radius 2 is 2.00 bits per heavy atom. The van der Waals surface area contributed by atoms with Crippen LogP contribution in [0.25, 0.3) is 0 Å². The third-order valence-corrected chi connectivity index (χ3v) is 4.79. The van der Waals surface area contributed by atoms with E-state index in [1.807, 2.05) is 23.1 Å². The second-order valence-electron chi connectivity index (χ2n) is 5.78. The molecule has 2 fully saturated rings. The van der Waals surface area contributed by atoms with Crippen molar-refractivity contribution in [3.63, 3.8) is 0 Å². The van der Waals surface area contributed by atoms with Crippen LogP contribution in [0.1, 0.15) is 37.7 Å². The summed E-state index contributed by atoms with van der Waals surface area (Å²) in [6, 6.07) is 10.2. The first-order chi connectivity index (χ1) is 9.28. The number of aliphatic hydroxyl groups excluding tert-OH is 1. The molecule has 1 aromatic carbocycles. The molecule has 0 aromatic heterocycles. The number of carbonyl (C=O) groups is 1. The predicted molar refractivity (Wildman–Crippen MR) is 73.8 cm³/mol. The van der Waals surface area contributed by atoms with Gasteiger partial charge in [-0.25, -0.2) is 0 Å². The standard InChI is InChI=1S/C16H21NO2/c18-12-14-8-4-11-17(14)15(19)16(9-5-10-16)13-6-2-1-3-7-13/h1-3,6-7,14,18H,4-5,8-12H2/t14-/m1/s1. The van der Waals surface area contributed by atoms with Crippen LogP contribution in [0.3, 0.4) is 0 Å².